The maximum Gasteiger partial charge on any atom is 2.00 e. The van der Waals surface area contributed by atoms with E-state index in [1.54, 1.807) is 12.1 Å². The summed E-state index contributed by atoms with van der Waals surface area (Å²) in [6.45, 7) is 0. The van der Waals surface area contributed by atoms with Crippen LogP contribution in [0.25, 0.3) is 144 Å². The molecule has 0 aliphatic carbocycles. The molecule has 0 saturated heterocycles. The number of benzene rings is 9. The minimum Gasteiger partial charge on any atom is -0.435 e. The van der Waals surface area contributed by atoms with Crippen LogP contribution in [0.15, 0.2) is 170 Å². The van der Waals surface area contributed by atoms with Crippen LogP contribution in [0.2, 0.25) is 0 Å². The number of fused-ring (bicyclic) bond motifs is 24. The standard InChI is InChI=1S/C55H28FN7.Pt/c56-38-19-17-29(18-20-38)47-48-39-21-30-9-1-3-11-32(30)23-41(39)50(57-48)59-52-43-25-34-13-5-7-15-36(34)27-45(43)54(61-52)63-55-46-28-37-16-8-6-14-35(37)26-44(46)53(62-55)60-51-42-24-33-12-4-2-10-31(33)22-40(42)49(47)58-51;/h1-28H;/q-2;+2. The monoisotopic (exact) mass is 1000 g/mol. The Kier molecular flexibility index (Phi) is 7.90. The molecule has 14 rings (SSSR count). The van der Waals surface area contributed by atoms with Gasteiger partial charge in [0.1, 0.15) is 5.82 Å². The van der Waals surface area contributed by atoms with E-state index in [9.17, 15) is 4.39 Å². The van der Waals surface area contributed by atoms with Gasteiger partial charge < -0.3 is 24.9 Å². The van der Waals surface area contributed by atoms with Crippen LogP contribution in [-0.4, -0.2) is 24.9 Å². The van der Waals surface area contributed by atoms with Crippen molar-refractivity contribution in [1.29, 1.82) is 0 Å². The molecule has 0 radical (unpaired) electrons. The summed E-state index contributed by atoms with van der Waals surface area (Å²) in [5, 5.41) is 11.9. The van der Waals surface area contributed by atoms with Gasteiger partial charge in [0.25, 0.3) is 0 Å². The quantitative estimate of drug-likeness (QED) is 0.162. The topological polar surface area (TPSA) is 92.7 Å². The molecule has 0 saturated carbocycles. The number of halogens is 1. The molecule has 0 unspecified atom stereocenters. The summed E-state index contributed by atoms with van der Waals surface area (Å²) in [4.78, 5) is 37.4. The number of hydrogen-bond acceptors (Lipinski definition) is 5. The largest absolute Gasteiger partial charge is 2.00 e. The van der Waals surface area contributed by atoms with Gasteiger partial charge in [0.15, 0.2) is 0 Å². The number of nitrogens with zero attached hydrogens (tertiary/aromatic N) is 7. The molecule has 300 valence electrons. The summed E-state index contributed by atoms with van der Waals surface area (Å²) in [6, 6.07) is 56.9. The zero-order valence-electron chi connectivity index (χ0n) is 33.5. The number of hydrogen-bond donors (Lipinski definition) is 0. The van der Waals surface area contributed by atoms with Gasteiger partial charge in [-0.2, -0.15) is 0 Å². The van der Waals surface area contributed by atoms with Crippen LogP contribution in [0.5, 0.6) is 0 Å². The zero-order chi connectivity index (χ0) is 41.3. The van der Waals surface area contributed by atoms with Crippen LogP contribution < -0.4 is 9.97 Å². The third-order valence-electron chi connectivity index (χ3n) is 12.6. The molecule has 0 N–H and O–H groups in total. The molecule has 9 aromatic carbocycles. The average molecular weight is 1000 g/mol. The Morgan fingerprint density at radius 3 is 1.17 bits per heavy atom. The van der Waals surface area contributed by atoms with Crippen LogP contribution in [0, 0.1) is 5.82 Å². The van der Waals surface area contributed by atoms with Crippen molar-refractivity contribution in [1.82, 2.24) is 34.9 Å². The molecule has 2 aliphatic rings. The van der Waals surface area contributed by atoms with E-state index in [0.717, 1.165) is 98.0 Å². The fourth-order valence-corrected chi connectivity index (χ4v) is 9.55. The van der Waals surface area contributed by atoms with Gasteiger partial charge in [0.05, 0.1) is 23.2 Å². The first kappa shape index (κ1) is 36.7. The Labute approximate surface area is 377 Å². The molecule has 3 aromatic heterocycles. The van der Waals surface area contributed by atoms with Crippen molar-refractivity contribution in [2.24, 2.45) is 0 Å². The number of aromatic nitrogens is 7. The van der Waals surface area contributed by atoms with Crippen molar-refractivity contribution in [3.8, 4) is 56.5 Å². The third-order valence-corrected chi connectivity index (χ3v) is 12.6. The van der Waals surface area contributed by atoms with Gasteiger partial charge in [0.2, 0.25) is 0 Å². The first-order chi connectivity index (χ1) is 31.1. The van der Waals surface area contributed by atoms with Gasteiger partial charge in [-0.25, -0.2) is 14.4 Å². The second-order valence-corrected chi connectivity index (χ2v) is 16.3. The van der Waals surface area contributed by atoms with Crippen molar-refractivity contribution in [2.45, 2.75) is 0 Å². The number of rotatable bonds is 1. The normalized spacial score (nSPS) is 12.0. The van der Waals surface area contributed by atoms with Gasteiger partial charge >= 0.3 is 21.1 Å². The van der Waals surface area contributed by atoms with Crippen molar-refractivity contribution >= 4 is 87.1 Å². The minimum absolute atomic E-state index is 0. The first-order valence-electron chi connectivity index (χ1n) is 20.8. The Morgan fingerprint density at radius 1 is 0.344 bits per heavy atom. The van der Waals surface area contributed by atoms with Crippen molar-refractivity contribution in [2.75, 3.05) is 0 Å². The van der Waals surface area contributed by atoms with Crippen LogP contribution in [-0.2, 0) is 21.1 Å². The second kappa shape index (κ2) is 13.8. The summed E-state index contributed by atoms with van der Waals surface area (Å²) >= 11 is 0. The van der Waals surface area contributed by atoms with Crippen LogP contribution in [0.4, 0.5) is 4.39 Å². The van der Waals surface area contributed by atoms with E-state index in [4.69, 9.17) is 34.9 Å². The summed E-state index contributed by atoms with van der Waals surface area (Å²) in [5.74, 6) is 1.18. The van der Waals surface area contributed by atoms with Crippen molar-refractivity contribution < 1.29 is 25.5 Å². The van der Waals surface area contributed by atoms with E-state index in [-0.39, 0.29) is 26.9 Å². The fourth-order valence-electron chi connectivity index (χ4n) is 9.55. The summed E-state index contributed by atoms with van der Waals surface area (Å²) in [6.07, 6.45) is 0. The molecule has 8 bridgehead atoms. The molecule has 5 heterocycles. The van der Waals surface area contributed by atoms with E-state index in [2.05, 4.69) is 97.1 Å². The Bertz CT molecular complexity index is 4180. The molecule has 0 amide bonds. The van der Waals surface area contributed by atoms with Crippen molar-refractivity contribution in [3.05, 3.63) is 176 Å². The Hall–Kier alpha value is -7.93. The summed E-state index contributed by atoms with van der Waals surface area (Å²) in [5.41, 5.74) is 7.79. The molecule has 7 nitrogen and oxygen atoms in total. The van der Waals surface area contributed by atoms with E-state index in [0.29, 0.717) is 45.6 Å². The smallest absolute Gasteiger partial charge is 0.435 e. The predicted molar refractivity (Wildman–Crippen MR) is 252 cm³/mol. The van der Waals surface area contributed by atoms with E-state index in [1.807, 2.05) is 48.5 Å². The van der Waals surface area contributed by atoms with Crippen LogP contribution in [0.3, 0.4) is 0 Å². The van der Waals surface area contributed by atoms with Gasteiger partial charge in [0, 0.05) is 39.1 Å². The molecular formula is C55H28FN7Pt. The Morgan fingerprint density at radius 2 is 0.703 bits per heavy atom. The molecular weight excluding hydrogens is 973 g/mol. The zero-order valence-corrected chi connectivity index (χ0v) is 35.8. The maximum atomic E-state index is 14.8. The van der Waals surface area contributed by atoms with Crippen molar-refractivity contribution in [3.63, 3.8) is 0 Å². The molecule has 2 aliphatic heterocycles. The predicted octanol–water partition coefficient (Wildman–Crippen LogP) is 13.1. The van der Waals surface area contributed by atoms with Gasteiger partial charge in [-0.05, 0) is 142 Å². The van der Waals surface area contributed by atoms with Gasteiger partial charge in [-0.1, -0.05) is 109 Å². The molecule has 0 spiro atoms. The van der Waals surface area contributed by atoms with E-state index < -0.39 is 0 Å². The molecule has 64 heavy (non-hydrogen) atoms. The molecule has 0 fully saturated rings. The van der Waals surface area contributed by atoms with E-state index in [1.165, 1.54) is 12.1 Å². The molecule has 12 aromatic rings. The average Bonchev–Trinajstić information content (AvgIpc) is 4.04. The fraction of sp³-hybridized carbons (Fsp3) is 0. The third kappa shape index (κ3) is 5.52. The van der Waals surface area contributed by atoms with Crippen LogP contribution in [0.1, 0.15) is 0 Å². The molecule has 0 atom stereocenters. The van der Waals surface area contributed by atoms with Gasteiger partial charge in [-0.3, -0.25) is 0 Å². The minimum atomic E-state index is -0.336. The van der Waals surface area contributed by atoms with Crippen LogP contribution >= 0.6 is 0 Å². The SMILES string of the molecule is Fc1ccc(-c2c3nc(nc4[n-]c(nc5nc(nc6[n-]c2c2cc7ccccc7cc62)-c2cc6ccccc6cc2-5)c2cc5ccccc5cc42)-c2cc4ccccc4cc2-3)cc1.[Pt+2]. The first-order valence-corrected chi connectivity index (χ1v) is 20.8. The van der Waals surface area contributed by atoms with Gasteiger partial charge in [-0.15, -0.1) is 0 Å². The second-order valence-electron chi connectivity index (χ2n) is 16.3. The summed E-state index contributed by atoms with van der Waals surface area (Å²) < 4.78 is 14.8. The summed E-state index contributed by atoms with van der Waals surface area (Å²) in [7, 11) is 0. The maximum absolute atomic E-state index is 14.8. The molecule has 9 heteroatoms. The van der Waals surface area contributed by atoms with E-state index >= 15 is 0 Å². The Balaban J connectivity index is 0.00000413.